The molecule has 28 heavy (non-hydrogen) atoms. The van der Waals surface area contributed by atoms with E-state index >= 15 is 0 Å². The van der Waals surface area contributed by atoms with Crippen LogP contribution >= 0.6 is 0 Å². The van der Waals surface area contributed by atoms with Crippen LogP contribution in [0.2, 0.25) is 0 Å². The Bertz CT molecular complexity index is 1340. The molecular formula is C22H14F2N2O2. The molecular weight excluding hydrogens is 362 g/mol. The summed E-state index contributed by atoms with van der Waals surface area (Å²) < 4.78 is 36.1. The van der Waals surface area contributed by atoms with Crippen LogP contribution in [0.1, 0.15) is 5.56 Å². The number of nitrogens with zero attached hydrogens (tertiary/aromatic N) is 2. The van der Waals surface area contributed by atoms with E-state index in [-0.39, 0.29) is 11.1 Å². The first-order chi connectivity index (χ1) is 13.7. The molecule has 3 aromatic heterocycles. The van der Waals surface area contributed by atoms with E-state index < -0.39 is 18.2 Å². The Morgan fingerprint density at radius 2 is 1.82 bits per heavy atom. The number of rotatable bonds is 3. The van der Waals surface area contributed by atoms with Crippen LogP contribution in [0.4, 0.5) is 8.78 Å². The molecule has 0 aliphatic carbocycles. The fourth-order valence-electron chi connectivity index (χ4n) is 3.55. The van der Waals surface area contributed by atoms with Gasteiger partial charge in [0.2, 0.25) is 0 Å². The lowest BCUT2D eigenvalue weighted by Crippen LogP contribution is -2.01. The lowest BCUT2D eigenvalue weighted by atomic mass is 10.0. The monoisotopic (exact) mass is 376 g/mol. The third-order valence-electron chi connectivity index (χ3n) is 4.92. The second-order valence-electron chi connectivity index (χ2n) is 6.45. The van der Waals surface area contributed by atoms with E-state index in [1.54, 1.807) is 29.1 Å². The molecule has 0 radical (unpaired) electrons. The molecule has 0 amide bonds. The van der Waals surface area contributed by atoms with E-state index in [0.29, 0.717) is 17.1 Å². The van der Waals surface area contributed by atoms with Gasteiger partial charge in [0.05, 0.1) is 24.1 Å². The van der Waals surface area contributed by atoms with Gasteiger partial charge < -0.3 is 9.52 Å². The Balaban J connectivity index is 1.76. The van der Waals surface area contributed by atoms with Crippen molar-refractivity contribution in [3.8, 4) is 22.6 Å². The molecule has 2 aromatic carbocycles. The van der Waals surface area contributed by atoms with E-state index in [1.807, 2.05) is 30.3 Å². The third-order valence-corrected chi connectivity index (χ3v) is 4.92. The summed E-state index contributed by atoms with van der Waals surface area (Å²) in [6.45, 7) is -0.713. The van der Waals surface area contributed by atoms with Crippen molar-refractivity contribution in [1.29, 1.82) is 0 Å². The third kappa shape index (κ3) is 2.35. The summed E-state index contributed by atoms with van der Waals surface area (Å²) in [5, 5.41) is 11.2. The smallest absolute Gasteiger partial charge is 0.148 e. The molecule has 0 fully saturated rings. The Hall–Kier alpha value is -3.51. The average molecular weight is 376 g/mol. The molecule has 0 atom stereocenters. The molecule has 0 bridgehead atoms. The van der Waals surface area contributed by atoms with Crippen molar-refractivity contribution in [2.45, 2.75) is 6.61 Å². The molecule has 6 heteroatoms. The van der Waals surface area contributed by atoms with Crippen molar-refractivity contribution in [3.05, 3.63) is 84.4 Å². The number of aliphatic hydroxyl groups is 1. The van der Waals surface area contributed by atoms with Crippen LogP contribution in [-0.2, 0) is 6.61 Å². The molecule has 138 valence electrons. The Morgan fingerprint density at radius 3 is 2.68 bits per heavy atom. The number of furan rings is 1. The Labute approximate surface area is 158 Å². The zero-order valence-electron chi connectivity index (χ0n) is 14.6. The molecule has 0 aliphatic rings. The first-order valence-electron chi connectivity index (χ1n) is 8.70. The number of imidazole rings is 1. The minimum Gasteiger partial charge on any atom is -0.463 e. The summed E-state index contributed by atoms with van der Waals surface area (Å²) in [7, 11) is 0. The van der Waals surface area contributed by atoms with Crippen LogP contribution in [0.25, 0.3) is 39.0 Å². The average Bonchev–Trinajstić information content (AvgIpc) is 3.36. The minimum atomic E-state index is -0.784. The van der Waals surface area contributed by atoms with E-state index in [1.165, 1.54) is 6.07 Å². The van der Waals surface area contributed by atoms with Gasteiger partial charge in [-0.3, -0.25) is 4.40 Å². The fraction of sp³-hybridized carbons (Fsp3) is 0.0455. The second-order valence-corrected chi connectivity index (χ2v) is 6.45. The number of pyridine rings is 1. The molecule has 5 aromatic rings. The van der Waals surface area contributed by atoms with Crippen molar-refractivity contribution in [3.63, 3.8) is 0 Å². The van der Waals surface area contributed by atoms with Crippen molar-refractivity contribution in [2.75, 3.05) is 0 Å². The molecule has 0 saturated carbocycles. The van der Waals surface area contributed by atoms with Crippen molar-refractivity contribution < 1.29 is 18.3 Å². The molecule has 0 aliphatic heterocycles. The molecule has 3 heterocycles. The van der Waals surface area contributed by atoms with Gasteiger partial charge in [-0.05, 0) is 24.3 Å². The highest BCUT2D eigenvalue weighted by Gasteiger charge is 2.19. The van der Waals surface area contributed by atoms with E-state index in [4.69, 9.17) is 4.42 Å². The maximum absolute atomic E-state index is 14.8. The largest absolute Gasteiger partial charge is 0.463 e. The number of hydrogen-bond donors (Lipinski definition) is 1. The molecule has 5 rings (SSSR count). The Morgan fingerprint density at radius 1 is 1.00 bits per heavy atom. The molecule has 0 spiro atoms. The number of halogens is 2. The zero-order chi connectivity index (χ0) is 19.3. The standard InChI is InChI=1S/C22H14F2N2O2/c23-18-7-5-15(20(24)17(18)11-27)19-8-6-16(22-25-9-10-26(19)22)21-14-4-2-1-3-13(14)12-28-21/h1-10,12,27H,11H2. The van der Waals surface area contributed by atoms with Gasteiger partial charge >= 0.3 is 0 Å². The van der Waals surface area contributed by atoms with Gasteiger partial charge in [0.1, 0.15) is 23.0 Å². The SMILES string of the molecule is OCc1c(F)ccc(-c2ccc(-c3occ4ccccc34)c3nccn23)c1F. The van der Waals surface area contributed by atoms with Crippen LogP contribution in [0.3, 0.4) is 0 Å². The molecule has 0 saturated heterocycles. The summed E-state index contributed by atoms with van der Waals surface area (Å²) >= 11 is 0. The molecule has 4 nitrogen and oxygen atoms in total. The van der Waals surface area contributed by atoms with Crippen LogP contribution in [0.15, 0.2) is 71.6 Å². The number of fused-ring (bicyclic) bond motifs is 2. The summed E-state index contributed by atoms with van der Waals surface area (Å²) in [5.41, 5.74) is 1.68. The van der Waals surface area contributed by atoms with Crippen molar-refractivity contribution in [2.24, 2.45) is 0 Å². The maximum Gasteiger partial charge on any atom is 0.148 e. The highest BCUT2D eigenvalue weighted by Crippen LogP contribution is 2.35. The lowest BCUT2D eigenvalue weighted by Gasteiger charge is -2.12. The summed E-state index contributed by atoms with van der Waals surface area (Å²) in [6.07, 6.45) is 5.01. The van der Waals surface area contributed by atoms with Crippen LogP contribution in [0, 0.1) is 11.6 Å². The van der Waals surface area contributed by atoms with Gasteiger partial charge in [0, 0.05) is 34.3 Å². The predicted molar refractivity (Wildman–Crippen MR) is 102 cm³/mol. The van der Waals surface area contributed by atoms with Crippen LogP contribution < -0.4 is 0 Å². The Kier molecular flexibility index (Phi) is 3.74. The topological polar surface area (TPSA) is 50.7 Å². The number of aromatic nitrogens is 2. The van der Waals surface area contributed by atoms with Crippen molar-refractivity contribution in [1.82, 2.24) is 9.38 Å². The van der Waals surface area contributed by atoms with E-state index in [9.17, 15) is 13.9 Å². The first kappa shape index (κ1) is 16.6. The van der Waals surface area contributed by atoms with Crippen molar-refractivity contribution >= 4 is 16.4 Å². The molecule has 0 unspecified atom stereocenters. The zero-order valence-corrected chi connectivity index (χ0v) is 14.6. The van der Waals surface area contributed by atoms with Gasteiger partial charge in [-0.1, -0.05) is 24.3 Å². The highest BCUT2D eigenvalue weighted by molar-refractivity contribution is 5.97. The highest BCUT2D eigenvalue weighted by atomic mass is 19.1. The van der Waals surface area contributed by atoms with Gasteiger partial charge in [-0.2, -0.15) is 0 Å². The van der Waals surface area contributed by atoms with Crippen LogP contribution in [-0.4, -0.2) is 14.5 Å². The first-order valence-corrected chi connectivity index (χ1v) is 8.70. The predicted octanol–water partition coefficient (Wildman–Crippen LogP) is 5.19. The van der Waals surface area contributed by atoms with Gasteiger partial charge in [-0.25, -0.2) is 13.8 Å². The van der Waals surface area contributed by atoms with E-state index in [2.05, 4.69) is 4.98 Å². The maximum atomic E-state index is 14.8. The summed E-state index contributed by atoms with van der Waals surface area (Å²) in [5.74, 6) is -0.882. The number of hydrogen-bond acceptors (Lipinski definition) is 3. The number of benzene rings is 2. The van der Waals surface area contributed by atoms with Gasteiger partial charge in [-0.15, -0.1) is 0 Å². The quantitative estimate of drug-likeness (QED) is 0.472. The molecule has 1 N–H and O–H groups in total. The van der Waals surface area contributed by atoms with E-state index in [0.717, 1.165) is 22.4 Å². The van der Waals surface area contributed by atoms with Crippen LogP contribution in [0.5, 0.6) is 0 Å². The summed E-state index contributed by atoms with van der Waals surface area (Å²) in [4.78, 5) is 4.41. The minimum absolute atomic E-state index is 0.185. The van der Waals surface area contributed by atoms with Gasteiger partial charge in [0.25, 0.3) is 0 Å². The fourth-order valence-corrected chi connectivity index (χ4v) is 3.55. The normalized spacial score (nSPS) is 11.5. The summed E-state index contributed by atoms with van der Waals surface area (Å²) in [6, 6.07) is 13.9. The lowest BCUT2D eigenvalue weighted by molar-refractivity contribution is 0.269. The van der Waals surface area contributed by atoms with Gasteiger partial charge in [0.15, 0.2) is 0 Å². The number of aliphatic hydroxyl groups excluding tert-OH is 1. The second kappa shape index (κ2) is 6.28.